The van der Waals surface area contributed by atoms with Crippen molar-refractivity contribution >= 4 is 23.2 Å². The van der Waals surface area contributed by atoms with Crippen LogP contribution in [0.25, 0.3) is 0 Å². The second-order valence-electron chi connectivity index (χ2n) is 4.85. The summed E-state index contributed by atoms with van der Waals surface area (Å²) in [6.07, 6.45) is 0. The number of hydrogen-bond donors (Lipinski definition) is 2. The Hall–Kier alpha value is -2.24. The number of benzene rings is 2. The van der Waals surface area contributed by atoms with Gasteiger partial charge in [-0.25, -0.2) is 0 Å². The molecule has 6 heteroatoms. The fourth-order valence-electron chi connectivity index (χ4n) is 2.10. The van der Waals surface area contributed by atoms with E-state index in [1.54, 1.807) is 18.2 Å². The van der Waals surface area contributed by atoms with Gasteiger partial charge in [-0.2, -0.15) is 0 Å². The summed E-state index contributed by atoms with van der Waals surface area (Å²) in [5.74, 6) is 1.22. The molecule has 0 fully saturated rings. The zero-order valence-corrected chi connectivity index (χ0v) is 12.5. The number of fused-ring (bicyclic) bond motifs is 1. The molecule has 0 radical (unpaired) electrons. The summed E-state index contributed by atoms with van der Waals surface area (Å²) in [5.41, 5.74) is 1.75. The molecule has 2 aromatic carbocycles. The first-order valence-corrected chi connectivity index (χ1v) is 7.23. The third-order valence-electron chi connectivity index (χ3n) is 3.18. The first-order valence-electron chi connectivity index (χ1n) is 6.85. The van der Waals surface area contributed by atoms with Gasteiger partial charge in [-0.3, -0.25) is 4.79 Å². The number of anilines is 1. The third kappa shape index (κ3) is 3.69. The Kier molecular flexibility index (Phi) is 4.46. The van der Waals surface area contributed by atoms with Gasteiger partial charge in [0, 0.05) is 23.3 Å². The number of carbonyl (C=O) groups excluding carboxylic acids is 1. The lowest BCUT2D eigenvalue weighted by Gasteiger charge is -2.07. The molecule has 0 aromatic heterocycles. The molecule has 0 unspecified atom stereocenters. The number of halogens is 1. The molecule has 0 saturated heterocycles. The molecule has 0 bridgehead atoms. The van der Waals surface area contributed by atoms with E-state index in [1.165, 1.54) is 0 Å². The summed E-state index contributed by atoms with van der Waals surface area (Å²) < 4.78 is 10.5. The topological polar surface area (TPSA) is 59.6 Å². The molecular weight excluding hydrogens is 304 g/mol. The van der Waals surface area contributed by atoms with Gasteiger partial charge in [-0.1, -0.05) is 23.7 Å². The van der Waals surface area contributed by atoms with Gasteiger partial charge >= 0.3 is 0 Å². The highest BCUT2D eigenvalue weighted by Gasteiger charge is 2.13. The zero-order valence-electron chi connectivity index (χ0n) is 11.8. The Balaban J connectivity index is 1.47. The van der Waals surface area contributed by atoms with Gasteiger partial charge in [0.15, 0.2) is 11.5 Å². The second-order valence-corrected chi connectivity index (χ2v) is 5.28. The fraction of sp³-hybridized carbons (Fsp3) is 0.188. The second kappa shape index (κ2) is 6.68. The van der Waals surface area contributed by atoms with Crippen LogP contribution in [0.2, 0.25) is 5.02 Å². The van der Waals surface area contributed by atoms with Gasteiger partial charge in [0.05, 0.1) is 6.54 Å². The average Bonchev–Trinajstić information content (AvgIpc) is 2.97. The summed E-state index contributed by atoms with van der Waals surface area (Å²) in [5, 5.41) is 6.59. The minimum Gasteiger partial charge on any atom is -0.454 e. The average molecular weight is 319 g/mol. The smallest absolute Gasteiger partial charge is 0.238 e. The summed E-state index contributed by atoms with van der Waals surface area (Å²) in [7, 11) is 0. The van der Waals surface area contributed by atoms with Crippen molar-refractivity contribution in [2.75, 3.05) is 18.7 Å². The lowest BCUT2D eigenvalue weighted by Crippen LogP contribution is -2.27. The van der Waals surface area contributed by atoms with Crippen LogP contribution in [0.1, 0.15) is 5.56 Å². The maximum Gasteiger partial charge on any atom is 0.238 e. The number of rotatable bonds is 5. The molecule has 0 atom stereocenters. The number of carbonyl (C=O) groups is 1. The molecule has 2 aromatic rings. The van der Waals surface area contributed by atoms with Crippen molar-refractivity contribution in [3.05, 3.63) is 53.1 Å². The van der Waals surface area contributed by atoms with Gasteiger partial charge in [0.25, 0.3) is 0 Å². The summed E-state index contributed by atoms with van der Waals surface area (Å²) in [4.78, 5) is 11.9. The number of hydrogen-bond acceptors (Lipinski definition) is 4. The van der Waals surface area contributed by atoms with E-state index in [4.69, 9.17) is 21.1 Å². The number of nitrogens with one attached hydrogen (secondary N) is 2. The van der Waals surface area contributed by atoms with Crippen LogP contribution in [0.15, 0.2) is 42.5 Å². The predicted molar refractivity (Wildman–Crippen MR) is 84.4 cm³/mol. The summed E-state index contributed by atoms with van der Waals surface area (Å²) in [6, 6.07) is 12.8. The first-order chi connectivity index (χ1) is 10.7. The van der Waals surface area contributed by atoms with Gasteiger partial charge in [-0.15, -0.1) is 0 Å². The molecule has 1 heterocycles. The maximum atomic E-state index is 11.9. The molecule has 22 heavy (non-hydrogen) atoms. The SMILES string of the molecule is O=C(CNCc1ccc(Cl)cc1)Nc1ccc2c(c1)OCO2. The lowest BCUT2D eigenvalue weighted by molar-refractivity contribution is -0.115. The fourth-order valence-corrected chi connectivity index (χ4v) is 2.23. The quantitative estimate of drug-likeness (QED) is 0.890. The van der Waals surface area contributed by atoms with Crippen LogP contribution < -0.4 is 20.1 Å². The molecule has 1 amide bonds. The Morgan fingerprint density at radius 1 is 1.09 bits per heavy atom. The van der Waals surface area contributed by atoms with E-state index < -0.39 is 0 Å². The van der Waals surface area contributed by atoms with Crippen LogP contribution in [-0.2, 0) is 11.3 Å². The standard InChI is InChI=1S/C16H15ClN2O3/c17-12-3-1-11(2-4-12)8-18-9-16(20)19-13-5-6-14-15(7-13)22-10-21-14/h1-7,18H,8-10H2,(H,19,20). The molecule has 0 spiro atoms. The van der Waals surface area contributed by atoms with Crippen LogP contribution in [-0.4, -0.2) is 19.2 Å². The highest BCUT2D eigenvalue weighted by atomic mass is 35.5. The van der Waals surface area contributed by atoms with Gasteiger partial charge < -0.3 is 20.1 Å². The van der Waals surface area contributed by atoms with Crippen LogP contribution in [0.3, 0.4) is 0 Å². The highest BCUT2D eigenvalue weighted by molar-refractivity contribution is 6.30. The van der Waals surface area contributed by atoms with E-state index in [1.807, 2.05) is 24.3 Å². The molecule has 1 aliphatic rings. The normalized spacial score (nSPS) is 12.2. The van der Waals surface area contributed by atoms with E-state index in [9.17, 15) is 4.79 Å². The van der Waals surface area contributed by atoms with Crippen molar-refractivity contribution in [2.24, 2.45) is 0 Å². The zero-order chi connectivity index (χ0) is 15.4. The minimum atomic E-state index is -0.118. The Labute approximate surface area is 133 Å². The van der Waals surface area contributed by atoms with Crippen molar-refractivity contribution in [3.8, 4) is 11.5 Å². The molecule has 1 aliphatic heterocycles. The summed E-state index contributed by atoms with van der Waals surface area (Å²) >= 11 is 5.82. The van der Waals surface area contributed by atoms with E-state index in [0.29, 0.717) is 28.8 Å². The first kappa shape index (κ1) is 14.7. The van der Waals surface area contributed by atoms with Crippen molar-refractivity contribution in [1.82, 2.24) is 5.32 Å². The van der Waals surface area contributed by atoms with Gasteiger partial charge in [-0.05, 0) is 29.8 Å². The molecule has 114 valence electrons. The Morgan fingerprint density at radius 2 is 1.86 bits per heavy atom. The van der Waals surface area contributed by atoms with Crippen LogP contribution in [0.5, 0.6) is 11.5 Å². The van der Waals surface area contributed by atoms with E-state index in [2.05, 4.69) is 10.6 Å². The van der Waals surface area contributed by atoms with E-state index in [0.717, 1.165) is 5.56 Å². The predicted octanol–water partition coefficient (Wildman–Crippen LogP) is 2.80. The van der Waals surface area contributed by atoms with Crippen LogP contribution in [0, 0.1) is 0 Å². The van der Waals surface area contributed by atoms with Crippen LogP contribution in [0.4, 0.5) is 5.69 Å². The molecule has 5 nitrogen and oxygen atoms in total. The molecular formula is C16H15ClN2O3. The minimum absolute atomic E-state index is 0.118. The molecule has 3 rings (SSSR count). The van der Waals surface area contributed by atoms with Crippen molar-refractivity contribution in [2.45, 2.75) is 6.54 Å². The van der Waals surface area contributed by atoms with Gasteiger partial charge in [0.2, 0.25) is 12.7 Å². The van der Waals surface area contributed by atoms with E-state index >= 15 is 0 Å². The van der Waals surface area contributed by atoms with Gasteiger partial charge in [0.1, 0.15) is 0 Å². The van der Waals surface area contributed by atoms with Crippen molar-refractivity contribution < 1.29 is 14.3 Å². The molecule has 2 N–H and O–H groups in total. The lowest BCUT2D eigenvalue weighted by atomic mass is 10.2. The van der Waals surface area contributed by atoms with Crippen LogP contribution >= 0.6 is 11.6 Å². The molecule has 0 saturated carbocycles. The molecule has 0 aliphatic carbocycles. The monoisotopic (exact) mass is 318 g/mol. The highest BCUT2D eigenvalue weighted by Crippen LogP contribution is 2.34. The Bertz CT molecular complexity index is 674. The number of amides is 1. The van der Waals surface area contributed by atoms with Crippen molar-refractivity contribution in [3.63, 3.8) is 0 Å². The van der Waals surface area contributed by atoms with E-state index in [-0.39, 0.29) is 19.2 Å². The largest absolute Gasteiger partial charge is 0.454 e. The maximum absolute atomic E-state index is 11.9. The third-order valence-corrected chi connectivity index (χ3v) is 3.44. The Morgan fingerprint density at radius 3 is 2.68 bits per heavy atom. The summed E-state index contributed by atoms with van der Waals surface area (Å²) in [6.45, 7) is 1.04. The van der Waals surface area contributed by atoms with Crippen molar-refractivity contribution in [1.29, 1.82) is 0 Å². The number of ether oxygens (including phenoxy) is 2.